The third-order valence-corrected chi connectivity index (χ3v) is 2.49. The zero-order chi connectivity index (χ0) is 13.5. The van der Waals surface area contributed by atoms with Gasteiger partial charge in [0.15, 0.2) is 5.57 Å². The lowest BCUT2D eigenvalue weighted by atomic mass is 10.0. The van der Waals surface area contributed by atoms with Crippen LogP contribution in [0.15, 0.2) is 71.2 Å². The third kappa shape index (κ3) is 3.04. The molecule has 0 saturated carbocycles. The molecule has 2 aromatic rings. The van der Waals surface area contributed by atoms with E-state index in [1.807, 2.05) is 54.6 Å². The number of allylic oxidation sites excluding steroid dienone is 1. The van der Waals surface area contributed by atoms with Crippen molar-refractivity contribution in [2.75, 3.05) is 0 Å². The van der Waals surface area contributed by atoms with Gasteiger partial charge in [-0.05, 0) is 12.1 Å². The highest BCUT2D eigenvalue weighted by atomic mass is 16.1. The predicted octanol–water partition coefficient (Wildman–Crippen LogP) is 3.09. The SMILES string of the molecule is N#CC(=C=O)C(=Nc1ccccc1)c1ccccc1. The lowest BCUT2D eigenvalue weighted by Crippen LogP contribution is -2.04. The molecule has 0 aliphatic rings. The van der Waals surface area contributed by atoms with Crippen molar-refractivity contribution in [1.82, 2.24) is 0 Å². The number of para-hydroxylation sites is 1. The minimum atomic E-state index is -0.102. The monoisotopic (exact) mass is 246 g/mol. The minimum Gasteiger partial charge on any atom is -0.246 e. The molecule has 2 aromatic carbocycles. The summed E-state index contributed by atoms with van der Waals surface area (Å²) in [6.45, 7) is 0. The Morgan fingerprint density at radius 2 is 1.53 bits per heavy atom. The topological polar surface area (TPSA) is 53.2 Å². The Hall–Kier alpha value is -2.95. The smallest absolute Gasteiger partial charge is 0.162 e. The molecule has 0 amide bonds. The molecule has 0 aliphatic carbocycles. The Bertz CT molecular complexity index is 676. The van der Waals surface area contributed by atoms with E-state index < -0.39 is 0 Å². The van der Waals surface area contributed by atoms with Crippen LogP contribution in [0.5, 0.6) is 0 Å². The molecule has 0 radical (unpaired) electrons. The number of nitrogens with zero attached hydrogens (tertiary/aromatic N) is 2. The van der Waals surface area contributed by atoms with Crippen molar-refractivity contribution in [3.8, 4) is 6.07 Å². The number of hydrogen-bond donors (Lipinski definition) is 0. The normalized spacial score (nSPS) is 10.4. The van der Waals surface area contributed by atoms with E-state index in [9.17, 15) is 4.79 Å². The first-order valence-corrected chi connectivity index (χ1v) is 5.70. The Balaban J connectivity index is 2.57. The Kier molecular flexibility index (Phi) is 4.02. The quantitative estimate of drug-likeness (QED) is 0.474. The van der Waals surface area contributed by atoms with Gasteiger partial charge in [-0.1, -0.05) is 48.5 Å². The number of hydrogen-bond acceptors (Lipinski definition) is 3. The first kappa shape index (κ1) is 12.5. The summed E-state index contributed by atoms with van der Waals surface area (Å²) in [5, 5.41) is 9.01. The molecule has 0 aromatic heterocycles. The molecule has 0 N–H and O–H groups in total. The van der Waals surface area contributed by atoms with Gasteiger partial charge in [0.1, 0.15) is 12.0 Å². The number of aliphatic imine (C=N–C) groups is 1. The molecular formula is C16H10N2O. The zero-order valence-electron chi connectivity index (χ0n) is 10.1. The zero-order valence-corrected chi connectivity index (χ0v) is 10.1. The van der Waals surface area contributed by atoms with Crippen LogP contribution in [0.4, 0.5) is 5.69 Å². The molecule has 19 heavy (non-hydrogen) atoms. The largest absolute Gasteiger partial charge is 0.246 e. The van der Waals surface area contributed by atoms with Gasteiger partial charge in [-0.3, -0.25) is 0 Å². The second-order valence-corrected chi connectivity index (χ2v) is 3.75. The predicted molar refractivity (Wildman–Crippen MR) is 73.9 cm³/mol. The van der Waals surface area contributed by atoms with Crippen LogP contribution in [0.3, 0.4) is 0 Å². The van der Waals surface area contributed by atoms with Crippen LogP contribution in [0.2, 0.25) is 0 Å². The van der Waals surface area contributed by atoms with Crippen LogP contribution in [-0.2, 0) is 4.79 Å². The van der Waals surface area contributed by atoms with Gasteiger partial charge in [0.05, 0.1) is 11.4 Å². The fourth-order valence-corrected chi connectivity index (χ4v) is 1.62. The maximum absolute atomic E-state index is 10.9. The Morgan fingerprint density at radius 1 is 0.947 bits per heavy atom. The van der Waals surface area contributed by atoms with E-state index in [0.717, 1.165) is 0 Å². The van der Waals surface area contributed by atoms with Gasteiger partial charge >= 0.3 is 0 Å². The lowest BCUT2D eigenvalue weighted by molar-refractivity contribution is 0.568. The molecule has 0 bridgehead atoms. The highest BCUT2D eigenvalue weighted by molar-refractivity contribution is 6.20. The molecular weight excluding hydrogens is 236 g/mol. The van der Waals surface area contributed by atoms with E-state index in [4.69, 9.17) is 5.26 Å². The molecule has 2 rings (SSSR count). The third-order valence-electron chi connectivity index (χ3n) is 2.49. The highest BCUT2D eigenvalue weighted by Crippen LogP contribution is 2.16. The summed E-state index contributed by atoms with van der Waals surface area (Å²) in [6, 6.07) is 20.1. The molecule has 0 unspecified atom stereocenters. The van der Waals surface area contributed by atoms with E-state index >= 15 is 0 Å². The van der Waals surface area contributed by atoms with Gasteiger partial charge < -0.3 is 0 Å². The van der Waals surface area contributed by atoms with E-state index in [1.54, 1.807) is 18.1 Å². The van der Waals surface area contributed by atoms with Crippen molar-refractivity contribution in [1.29, 1.82) is 5.26 Å². The summed E-state index contributed by atoms with van der Waals surface area (Å²) in [6.07, 6.45) is 0. The summed E-state index contributed by atoms with van der Waals surface area (Å²) in [4.78, 5) is 15.2. The fourth-order valence-electron chi connectivity index (χ4n) is 1.62. The van der Waals surface area contributed by atoms with E-state index in [1.165, 1.54) is 0 Å². The first-order chi connectivity index (χ1) is 9.35. The highest BCUT2D eigenvalue weighted by Gasteiger charge is 2.10. The molecule has 3 heteroatoms. The maximum Gasteiger partial charge on any atom is 0.162 e. The van der Waals surface area contributed by atoms with Crippen molar-refractivity contribution in [2.45, 2.75) is 0 Å². The van der Waals surface area contributed by atoms with Gasteiger partial charge in [-0.15, -0.1) is 0 Å². The van der Waals surface area contributed by atoms with Gasteiger partial charge in [-0.25, -0.2) is 9.79 Å². The molecule has 0 atom stereocenters. The van der Waals surface area contributed by atoms with Crippen LogP contribution >= 0.6 is 0 Å². The van der Waals surface area contributed by atoms with Crippen LogP contribution in [-0.4, -0.2) is 11.7 Å². The fraction of sp³-hybridized carbons (Fsp3) is 0. The second kappa shape index (κ2) is 6.11. The Morgan fingerprint density at radius 3 is 2.05 bits per heavy atom. The molecule has 0 spiro atoms. The number of nitriles is 1. The standard InChI is InChI=1S/C16H10N2O/c17-11-14(12-19)16(13-7-3-1-4-8-13)18-15-9-5-2-6-10-15/h1-10H. The molecule has 90 valence electrons. The summed E-state index contributed by atoms with van der Waals surface area (Å²) in [5.41, 5.74) is 1.63. The van der Waals surface area contributed by atoms with E-state index in [-0.39, 0.29) is 5.57 Å². The number of benzene rings is 2. The molecule has 3 nitrogen and oxygen atoms in total. The minimum absolute atomic E-state index is 0.102. The second-order valence-electron chi connectivity index (χ2n) is 3.75. The van der Waals surface area contributed by atoms with Crippen molar-refractivity contribution in [3.05, 3.63) is 71.8 Å². The van der Waals surface area contributed by atoms with Gasteiger partial charge in [0.2, 0.25) is 0 Å². The van der Waals surface area contributed by atoms with Crippen LogP contribution in [0.1, 0.15) is 5.56 Å². The molecule has 0 fully saturated rings. The van der Waals surface area contributed by atoms with Gasteiger partial charge in [-0.2, -0.15) is 5.26 Å². The first-order valence-electron chi connectivity index (χ1n) is 5.70. The summed E-state index contributed by atoms with van der Waals surface area (Å²) in [5.74, 6) is 1.65. The maximum atomic E-state index is 10.9. The van der Waals surface area contributed by atoms with Crippen LogP contribution < -0.4 is 0 Å². The van der Waals surface area contributed by atoms with Crippen molar-refractivity contribution >= 4 is 17.3 Å². The summed E-state index contributed by atoms with van der Waals surface area (Å²) < 4.78 is 0. The van der Waals surface area contributed by atoms with Crippen molar-refractivity contribution in [2.24, 2.45) is 4.99 Å². The Labute approximate surface area is 111 Å². The lowest BCUT2D eigenvalue weighted by Gasteiger charge is -2.03. The van der Waals surface area contributed by atoms with Crippen LogP contribution in [0, 0.1) is 11.3 Å². The molecule has 0 saturated heterocycles. The average Bonchev–Trinajstić information content (AvgIpc) is 2.49. The summed E-state index contributed by atoms with van der Waals surface area (Å²) >= 11 is 0. The van der Waals surface area contributed by atoms with Crippen LogP contribution in [0.25, 0.3) is 0 Å². The number of carbonyl (C=O) groups excluding carboxylic acids is 1. The average molecular weight is 246 g/mol. The van der Waals surface area contributed by atoms with E-state index in [0.29, 0.717) is 17.0 Å². The van der Waals surface area contributed by atoms with Gasteiger partial charge in [0.25, 0.3) is 0 Å². The number of rotatable bonds is 3. The van der Waals surface area contributed by atoms with E-state index in [2.05, 4.69) is 4.99 Å². The van der Waals surface area contributed by atoms with Crippen molar-refractivity contribution in [3.63, 3.8) is 0 Å². The summed E-state index contributed by atoms with van der Waals surface area (Å²) in [7, 11) is 0. The molecule has 0 aliphatic heterocycles. The van der Waals surface area contributed by atoms with Crippen molar-refractivity contribution < 1.29 is 4.79 Å². The van der Waals surface area contributed by atoms with Gasteiger partial charge in [0, 0.05) is 5.56 Å². The molecule has 0 heterocycles.